The highest BCUT2D eigenvalue weighted by Crippen LogP contribution is 2.54. The number of carbonyl (C=O) groups excluding carboxylic acids is 2. The minimum atomic E-state index is -1.52. The van der Waals surface area contributed by atoms with Crippen molar-refractivity contribution in [3.8, 4) is 17.2 Å². The average Bonchev–Trinajstić information content (AvgIpc) is 3.11. The zero-order valence-corrected chi connectivity index (χ0v) is 18.8. The number of ketones is 2. The third-order valence-electron chi connectivity index (χ3n) is 5.93. The van der Waals surface area contributed by atoms with E-state index in [0.29, 0.717) is 12.1 Å². The molecule has 4 rings (SSSR count). The highest BCUT2D eigenvalue weighted by atomic mass is 35.5. The smallest absolute Gasteiger partial charge is 0.231 e. The van der Waals surface area contributed by atoms with Crippen molar-refractivity contribution in [3.05, 3.63) is 63.9 Å². The van der Waals surface area contributed by atoms with Gasteiger partial charge < -0.3 is 18.9 Å². The average molecular weight is 453 g/mol. The fraction of sp³-hybridized carbons (Fsp3) is 0.333. The van der Waals surface area contributed by atoms with Gasteiger partial charge in [0, 0.05) is 24.5 Å². The van der Waals surface area contributed by atoms with Crippen LogP contribution in [0.4, 0.5) is 0 Å². The van der Waals surface area contributed by atoms with Crippen LogP contribution in [0.15, 0.2) is 42.2 Å². The van der Waals surface area contributed by atoms with Crippen LogP contribution in [0.25, 0.3) is 0 Å². The maximum Gasteiger partial charge on any atom is 0.231 e. The molecular formula is C24H22BClO6. The van der Waals surface area contributed by atoms with Gasteiger partial charge in [0.15, 0.2) is 17.3 Å². The molecule has 6 nitrogen and oxygen atoms in total. The van der Waals surface area contributed by atoms with Crippen LogP contribution in [-0.2, 0) is 22.5 Å². The van der Waals surface area contributed by atoms with E-state index < -0.39 is 11.5 Å². The second-order valence-corrected chi connectivity index (χ2v) is 8.23. The largest absolute Gasteiger partial charge is 0.496 e. The van der Waals surface area contributed by atoms with E-state index in [2.05, 4.69) is 0 Å². The second kappa shape index (κ2) is 8.55. The summed E-state index contributed by atoms with van der Waals surface area (Å²) in [6.07, 6.45) is 1.92. The van der Waals surface area contributed by atoms with Crippen molar-refractivity contribution in [2.75, 3.05) is 14.2 Å². The van der Waals surface area contributed by atoms with Crippen molar-refractivity contribution >= 4 is 31.0 Å². The fourth-order valence-electron chi connectivity index (χ4n) is 4.17. The molecule has 2 aromatic rings. The SMILES string of the molecule is [B]Cc1ccc(COC2=CC(=O)C[C@@H](C)[C@]23Oc2c(Cl)c(OC)cc(OC)c2C3=O)cc1. The molecule has 2 radical (unpaired) electrons. The van der Waals surface area contributed by atoms with Gasteiger partial charge in [-0.1, -0.05) is 54.7 Å². The first-order valence-corrected chi connectivity index (χ1v) is 10.6. The summed E-state index contributed by atoms with van der Waals surface area (Å²) in [6, 6.07) is 9.13. The van der Waals surface area contributed by atoms with Crippen LogP contribution in [0.2, 0.25) is 5.02 Å². The first kappa shape index (κ1) is 22.3. The summed E-state index contributed by atoms with van der Waals surface area (Å²) >= 11 is 6.48. The number of fused-ring (bicyclic) bond motifs is 1. The maximum atomic E-state index is 13.8. The van der Waals surface area contributed by atoms with Gasteiger partial charge in [-0.2, -0.15) is 0 Å². The molecular weight excluding hydrogens is 431 g/mol. The Balaban J connectivity index is 1.74. The molecule has 0 bridgehead atoms. The lowest BCUT2D eigenvalue weighted by Gasteiger charge is -2.37. The van der Waals surface area contributed by atoms with Gasteiger partial charge in [0.25, 0.3) is 0 Å². The van der Waals surface area contributed by atoms with Gasteiger partial charge in [0.05, 0.1) is 22.1 Å². The van der Waals surface area contributed by atoms with Crippen LogP contribution < -0.4 is 14.2 Å². The molecule has 32 heavy (non-hydrogen) atoms. The van der Waals surface area contributed by atoms with E-state index in [1.165, 1.54) is 20.3 Å². The van der Waals surface area contributed by atoms with Crippen LogP contribution in [0.1, 0.15) is 34.8 Å². The molecule has 8 heteroatoms. The van der Waals surface area contributed by atoms with Crippen LogP contribution in [0.5, 0.6) is 17.2 Å². The predicted octanol–water partition coefficient (Wildman–Crippen LogP) is 4.05. The van der Waals surface area contributed by atoms with E-state index >= 15 is 0 Å². The lowest BCUT2D eigenvalue weighted by atomic mass is 9.75. The molecule has 0 N–H and O–H groups in total. The molecule has 164 valence electrons. The van der Waals surface area contributed by atoms with Gasteiger partial charge in [-0.25, -0.2) is 0 Å². The van der Waals surface area contributed by atoms with Crippen molar-refractivity contribution < 1.29 is 28.5 Å². The van der Waals surface area contributed by atoms with Gasteiger partial charge in [0.1, 0.15) is 28.7 Å². The van der Waals surface area contributed by atoms with Crippen LogP contribution in [0.3, 0.4) is 0 Å². The summed E-state index contributed by atoms with van der Waals surface area (Å²) < 4.78 is 23.0. The molecule has 1 aliphatic carbocycles. The van der Waals surface area contributed by atoms with Crippen molar-refractivity contribution in [2.45, 2.75) is 31.9 Å². The van der Waals surface area contributed by atoms with Crippen LogP contribution >= 0.6 is 11.6 Å². The van der Waals surface area contributed by atoms with Crippen molar-refractivity contribution in [2.24, 2.45) is 5.92 Å². The molecule has 1 aliphatic heterocycles. The standard InChI is InChI=1S/C24H22BClO6/c1-13-8-16(27)9-19(31-12-15-6-4-14(11-25)5-7-15)24(13)23(28)20-17(29-2)10-18(30-3)21(26)22(20)32-24/h4-7,9-10,13H,8,11-12H2,1-3H3/t13-,24+/m1/s1. The van der Waals surface area contributed by atoms with Gasteiger partial charge in [-0.3, -0.25) is 9.59 Å². The topological polar surface area (TPSA) is 71.1 Å². The zero-order valence-electron chi connectivity index (χ0n) is 18.1. The Hall–Kier alpha value is -2.93. The van der Waals surface area contributed by atoms with Gasteiger partial charge in [-0.05, 0) is 5.56 Å². The maximum absolute atomic E-state index is 13.8. The first-order chi connectivity index (χ1) is 15.3. The number of benzene rings is 2. The van der Waals surface area contributed by atoms with Crippen molar-refractivity contribution in [1.82, 2.24) is 0 Å². The Morgan fingerprint density at radius 3 is 2.41 bits per heavy atom. The Labute approximate surface area is 192 Å². The Bertz CT molecular complexity index is 1110. The lowest BCUT2D eigenvalue weighted by molar-refractivity contribution is -0.118. The number of Topliss-reactive ketones (excluding diaryl/α,β-unsaturated/α-hetero) is 1. The number of hydrogen-bond donors (Lipinski definition) is 0. The highest BCUT2D eigenvalue weighted by molar-refractivity contribution is 6.35. The van der Waals surface area contributed by atoms with E-state index in [1.54, 1.807) is 13.0 Å². The van der Waals surface area contributed by atoms with E-state index in [9.17, 15) is 9.59 Å². The first-order valence-electron chi connectivity index (χ1n) is 10.2. The zero-order chi connectivity index (χ0) is 23.0. The summed E-state index contributed by atoms with van der Waals surface area (Å²) in [5, 5.41) is 0.161. The van der Waals surface area contributed by atoms with Gasteiger partial charge >= 0.3 is 0 Å². The molecule has 1 spiro atoms. The fourth-order valence-corrected chi connectivity index (χ4v) is 4.44. The van der Waals surface area contributed by atoms with E-state index in [1.807, 2.05) is 24.3 Å². The van der Waals surface area contributed by atoms with E-state index in [0.717, 1.165) is 11.1 Å². The number of methoxy groups -OCH3 is 2. The van der Waals surface area contributed by atoms with Crippen LogP contribution in [-0.4, -0.2) is 39.2 Å². The number of halogens is 1. The molecule has 0 saturated carbocycles. The highest BCUT2D eigenvalue weighted by Gasteiger charge is 2.60. The molecule has 2 aromatic carbocycles. The van der Waals surface area contributed by atoms with Crippen molar-refractivity contribution in [3.63, 3.8) is 0 Å². The number of hydrogen-bond acceptors (Lipinski definition) is 6. The molecule has 1 heterocycles. The Morgan fingerprint density at radius 2 is 1.78 bits per heavy atom. The Kier molecular flexibility index (Phi) is 5.95. The summed E-state index contributed by atoms with van der Waals surface area (Å²) in [7, 11) is 8.57. The molecule has 0 saturated heterocycles. The second-order valence-electron chi connectivity index (χ2n) is 7.86. The molecule has 0 fully saturated rings. The third kappa shape index (κ3) is 3.45. The molecule has 0 aromatic heterocycles. The monoisotopic (exact) mass is 452 g/mol. The molecule has 2 aliphatic rings. The third-order valence-corrected chi connectivity index (χ3v) is 6.29. The number of rotatable bonds is 6. The summed E-state index contributed by atoms with van der Waals surface area (Å²) in [4.78, 5) is 26.2. The summed E-state index contributed by atoms with van der Waals surface area (Å²) in [5.74, 6) is -0.0696. The lowest BCUT2D eigenvalue weighted by Crippen LogP contribution is -2.51. The summed E-state index contributed by atoms with van der Waals surface area (Å²) in [5.41, 5.74) is 0.549. The van der Waals surface area contributed by atoms with Crippen molar-refractivity contribution in [1.29, 1.82) is 0 Å². The minimum Gasteiger partial charge on any atom is -0.496 e. The van der Waals surface area contributed by atoms with Crippen LogP contribution in [0, 0.1) is 5.92 Å². The predicted molar refractivity (Wildman–Crippen MR) is 120 cm³/mol. The van der Waals surface area contributed by atoms with Gasteiger partial charge in [0.2, 0.25) is 11.4 Å². The van der Waals surface area contributed by atoms with E-state index in [-0.39, 0.29) is 52.4 Å². The molecule has 0 unspecified atom stereocenters. The summed E-state index contributed by atoms with van der Waals surface area (Å²) in [6.45, 7) is 1.94. The Morgan fingerprint density at radius 1 is 1.12 bits per heavy atom. The molecule has 2 atom stereocenters. The number of allylic oxidation sites excluding steroid dienone is 1. The normalized spacial score (nSPS) is 21.8. The minimum absolute atomic E-state index is 0.134. The molecule has 0 amide bonds. The number of carbonyl (C=O) groups is 2. The number of ether oxygens (including phenoxy) is 4. The quantitative estimate of drug-likeness (QED) is 0.616. The van der Waals surface area contributed by atoms with E-state index in [4.69, 9.17) is 38.4 Å². The van der Waals surface area contributed by atoms with Gasteiger partial charge in [-0.15, -0.1) is 0 Å².